The number of aliphatic hydroxyl groups is 1. The predicted molar refractivity (Wildman–Crippen MR) is 161 cm³/mol. The van der Waals surface area contributed by atoms with Crippen LogP contribution in [0.1, 0.15) is 72.9 Å². The van der Waals surface area contributed by atoms with Crippen molar-refractivity contribution in [3.05, 3.63) is 83.3 Å². The summed E-state index contributed by atoms with van der Waals surface area (Å²) in [6, 6.07) is 16.1. The standard InChI is InChI=1S/C34H41N3O5/c1-24(39)37-21-30(29-7-3-4-8-31(29)37)27-19-32(42-33(20-27)41-23-26-11-9-25(22-38)10-12-26)34(40)36-17-13-28(14-18-36)35-15-5-2-6-16-35/h3-4,7-12,19,21,27-28,33,38H,2,5-6,13-18,20,22-23H2,1H3/t27-,33+/m1/s1. The normalized spacial score (nSPS) is 22.1. The number of carbonyl (C=O) groups is 2. The number of likely N-dealkylation sites (tertiary alicyclic amines) is 2. The van der Waals surface area contributed by atoms with Crippen molar-refractivity contribution >= 4 is 22.7 Å². The molecule has 42 heavy (non-hydrogen) atoms. The van der Waals surface area contributed by atoms with Gasteiger partial charge in [-0.05, 0) is 67.6 Å². The van der Waals surface area contributed by atoms with Crippen molar-refractivity contribution in [3.63, 3.8) is 0 Å². The van der Waals surface area contributed by atoms with Gasteiger partial charge in [0, 0.05) is 50.0 Å². The molecule has 2 aromatic carbocycles. The number of allylic oxidation sites excluding steroid dienone is 1. The van der Waals surface area contributed by atoms with Gasteiger partial charge in [0.1, 0.15) is 0 Å². The van der Waals surface area contributed by atoms with Crippen LogP contribution in [0.2, 0.25) is 0 Å². The van der Waals surface area contributed by atoms with E-state index in [9.17, 15) is 14.7 Å². The first-order valence-electron chi connectivity index (χ1n) is 15.3. The number of piperidine rings is 2. The minimum absolute atomic E-state index is 0.00599. The summed E-state index contributed by atoms with van der Waals surface area (Å²) in [5, 5.41) is 10.4. The molecular formula is C34H41N3O5. The largest absolute Gasteiger partial charge is 0.459 e. The average molecular weight is 572 g/mol. The molecule has 3 aromatic rings. The van der Waals surface area contributed by atoms with Crippen LogP contribution in [-0.2, 0) is 27.5 Å². The van der Waals surface area contributed by atoms with E-state index in [4.69, 9.17) is 9.47 Å². The molecule has 2 atom stereocenters. The first kappa shape index (κ1) is 28.6. The molecule has 8 nitrogen and oxygen atoms in total. The van der Waals surface area contributed by atoms with E-state index in [0.29, 0.717) is 24.8 Å². The number of rotatable bonds is 7. The minimum atomic E-state index is -0.623. The molecule has 3 aliphatic heterocycles. The van der Waals surface area contributed by atoms with E-state index >= 15 is 0 Å². The van der Waals surface area contributed by atoms with Gasteiger partial charge in [-0.15, -0.1) is 0 Å². The molecule has 0 aliphatic carbocycles. The number of carbonyl (C=O) groups excluding carboxylic acids is 2. The third kappa shape index (κ3) is 6.16. The number of benzene rings is 2. The second-order valence-corrected chi connectivity index (χ2v) is 11.8. The molecule has 1 aromatic heterocycles. The quantitative estimate of drug-likeness (QED) is 0.420. The van der Waals surface area contributed by atoms with Crippen LogP contribution in [0.15, 0.2) is 66.6 Å². The van der Waals surface area contributed by atoms with E-state index in [1.165, 1.54) is 32.4 Å². The Labute approximate surface area is 247 Å². The monoisotopic (exact) mass is 571 g/mol. The van der Waals surface area contributed by atoms with Crippen LogP contribution in [0.25, 0.3) is 10.9 Å². The maximum Gasteiger partial charge on any atom is 0.288 e. The van der Waals surface area contributed by atoms with Crippen molar-refractivity contribution in [2.24, 2.45) is 0 Å². The van der Waals surface area contributed by atoms with Gasteiger partial charge in [0.25, 0.3) is 5.91 Å². The van der Waals surface area contributed by atoms with Crippen LogP contribution < -0.4 is 0 Å². The molecule has 0 radical (unpaired) electrons. The lowest BCUT2D eigenvalue weighted by Crippen LogP contribution is -2.49. The highest BCUT2D eigenvalue weighted by Gasteiger charge is 2.35. The Hall–Kier alpha value is -3.46. The minimum Gasteiger partial charge on any atom is -0.459 e. The van der Waals surface area contributed by atoms with E-state index < -0.39 is 6.29 Å². The molecule has 0 bridgehead atoms. The van der Waals surface area contributed by atoms with Gasteiger partial charge < -0.3 is 24.4 Å². The average Bonchev–Trinajstić information content (AvgIpc) is 3.44. The molecule has 1 N–H and O–H groups in total. The Morgan fingerprint density at radius 3 is 2.38 bits per heavy atom. The molecule has 222 valence electrons. The lowest BCUT2D eigenvalue weighted by molar-refractivity contribution is -0.156. The van der Waals surface area contributed by atoms with Gasteiger partial charge in [-0.1, -0.05) is 48.9 Å². The lowest BCUT2D eigenvalue weighted by Gasteiger charge is -2.40. The van der Waals surface area contributed by atoms with Crippen LogP contribution in [0.5, 0.6) is 0 Å². The molecular weight excluding hydrogens is 530 g/mol. The number of hydrogen-bond donors (Lipinski definition) is 1. The summed E-state index contributed by atoms with van der Waals surface area (Å²) in [6.07, 6.45) is 9.57. The van der Waals surface area contributed by atoms with E-state index in [0.717, 1.165) is 53.5 Å². The summed E-state index contributed by atoms with van der Waals surface area (Å²) in [4.78, 5) is 30.9. The molecule has 2 fully saturated rings. The first-order chi connectivity index (χ1) is 20.5. The summed E-state index contributed by atoms with van der Waals surface area (Å²) in [5.41, 5.74) is 3.64. The van der Waals surface area contributed by atoms with Crippen molar-refractivity contribution in [2.45, 2.75) is 76.9 Å². The molecule has 8 heteroatoms. The van der Waals surface area contributed by atoms with Crippen molar-refractivity contribution in [1.82, 2.24) is 14.4 Å². The highest BCUT2D eigenvalue weighted by atomic mass is 16.7. The Bertz CT molecular complexity index is 1430. The van der Waals surface area contributed by atoms with Crippen LogP contribution in [0, 0.1) is 0 Å². The Morgan fingerprint density at radius 1 is 0.952 bits per heavy atom. The summed E-state index contributed by atoms with van der Waals surface area (Å²) in [6.45, 7) is 5.66. The SMILES string of the molecule is CC(=O)n1cc([C@@H]2C=C(C(=O)N3CCC(N4CCCCC4)CC3)O[C@H](OCc3ccc(CO)cc3)C2)c2ccccc21. The van der Waals surface area contributed by atoms with Crippen molar-refractivity contribution in [3.8, 4) is 0 Å². The molecule has 1 amide bonds. The van der Waals surface area contributed by atoms with Crippen LogP contribution >= 0.6 is 0 Å². The summed E-state index contributed by atoms with van der Waals surface area (Å²) >= 11 is 0. The van der Waals surface area contributed by atoms with Gasteiger partial charge in [-0.3, -0.25) is 14.2 Å². The number of aliphatic hydroxyl groups excluding tert-OH is 1. The highest BCUT2D eigenvalue weighted by Crippen LogP contribution is 2.37. The second kappa shape index (κ2) is 12.8. The zero-order chi connectivity index (χ0) is 29.1. The topological polar surface area (TPSA) is 84.2 Å². The third-order valence-corrected chi connectivity index (χ3v) is 9.05. The smallest absolute Gasteiger partial charge is 0.288 e. The van der Waals surface area contributed by atoms with Gasteiger partial charge in [0.2, 0.25) is 12.2 Å². The number of fused-ring (bicyclic) bond motifs is 1. The van der Waals surface area contributed by atoms with Gasteiger partial charge >= 0.3 is 0 Å². The van der Waals surface area contributed by atoms with Crippen LogP contribution in [0.4, 0.5) is 0 Å². The van der Waals surface area contributed by atoms with E-state index in [1.807, 2.05) is 65.7 Å². The Balaban J connectivity index is 1.23. The molecule has 2 saturated heterocycles. The molecule has 0 saturated carbocycles. The molecule has 4 heterocycles. The Morgan fingerprint density at radius 2 is 1.67 bits per heavy atom. The Kier molecular flexibility index (Phi) is 8.74. The number of hydrogen-bond acceptors (Lipinski definition) is 6. The molecule has 0 unspecified atom stereocenters. The number of ether oxygens (including phenoxy) is 2. The summed E-state index contributed by atoms with van der Waals surface area (Å²) in [5.74, 6) is 0.0206. The van der Waals surface area contributed by atoms with Gasteiger partial charge in [-0.2, -0.15) is 0 Å². The van der Waals surface area contributed by atoms with Crippen LogP contribution in [-0.4, -0.2) is 69.8 Å². The number of amides is 1. The first-order valence-corrected chi connectivity index (χ1v) is 15.3. The maximum atomic E-state index is 13.9. The fraction of sp³-hybridized carbons (Fsp3) is 0.471. The van der Waals surface area contributed by atoms with Crippen molar-refractivity contribution in [2.75, 3.05) is 26.2 Å². The zero-order valence-corrected chi connectivity index (χ0v) is 24.4. The molecule has 3 aliphatic rings. The fourth-order valence-corrected chi connectivity index (χ4v) is 6.69. The molecule has 0 spiro atoms. The number of nitrogens with zero attached hydrogens (tertiary/aromatic N) is 3. The van der Waals surface area contributed by atoms with Gasteiger partial charge in [0.05, 0.1) is 18.7 Å². The third-order valence-electron chi connectivity index (χ3n) is 9.05. The van der Waals surface area contributed by atoms with Gasteiger partial charge in [-0.25, -0.2) is 0 Å². The molecule has 6 rings (SSSR count). The van der Waals surface area contributed by atoms with Crippen LogP contribution in [0.3, 0.4) is 0 Å². The van der Waals surface area contributed by atoms with E-state index in [2.05, 4.69) is 4.90 Å². The van der Waals surface area contributed by atoms with Gasteiger partial charge in [0.15, 0.2) is 5.76 Å². The number of aromatic nitrogens is 1. The van der Waals surface area contributed by atoms with Crippen molar-refractivity contribution < 1.29 is 24.2 Å². The summed E-state index contributed by atoms with van der Waals surface area (Å²) in [7, 11) is 0. The van der Waals surface area contributed by atoms with E-state index in [1.54, 1.807) is 11.5 Å². The predicted octanol–water partition coefficient (Wildman–Crippen LogP) is 5.20. The fourth-order valence-electron chi connectivity index (χ4n) is 6.69. The maximum absolute atomic E-state index is 13.9. The highest BCUT2D eigenvalue weighted by molar-refractivity contribution is 5.95. The summed E-state index contributed by atoms with van der Waals surface area (Å²) < 4.78 is 14.2. The zero-order valence-electron chi connectivity index (χ0n) is 24.4. The van der Waals surface area contributed by atoms with E-state index in [-0.39, 0.29) is 24.3 Å². The van der Waals surface area contributed by atoms with Crippen molar-refractivity contribution in [1.29, 1.82) is 0 Å². The second-order valence-electron chi connectivity index (χ2n) is 11.8. The lowest BCUT2D eigenvalue weighted by atomic mass is 9.92. The number of para-hydroxylation sites is 1.